The van der Waals surface area contributed by atoms with Crippen LogP contribution < -0.4 is 5.32 Å². The van der Waals surface area contributed by atoms with Crippen molar-refractivity contribution in [2.75, 3.05) is 25.1 Å². The Morgan fingerprint density at radius 2 is 1.95 bits per heavy atom. The number of carbonyl (C=O) groups is 2. The average molecular weight is 294 g/mol. The van der Waals surface area contributed by atoms with E-state index in [1.807, 2.05) is 6.92 Å². The summed E-state index contributed by atoms with van der Waals surface area (Å²) >= 11 is 0. The first kappa shape index (κ1) is 17.7. The molecule has 0 aliphatic carbocycles. The second-order valence-electron chi connectivity index (χ2n) is 4.49. The molecule has 19 heavy (non-hydrogen) atoms. The largest absolute Gasteiger partial charge is 0.480 e. The van der Waals surface area contributed by atoms with Gasteiger partial charge in [0.25, 0.3) is 0 Å². The lowest BCUT2D eigenvalue weighted by molar-refractivity contribution is -0.138. The number of carbonyl (C=O) groups excluding carboxylic acids is 1. The zero-order valence-corrected chi connectivity index (χ0v) is 12.4. The molecule has 0 saturated carbocycles. The van der Waals surface area contributed by atoms with Crippen LogP contribution in [0.15, 0.2) is 0 Å². The van der Waals surface area contributed by atoms with E-state index >= 15 is 0 Å². The molecule has 2 amide bonds. The number of aliphatic carboxylic acids is 1. The molecule has 1 atom stereocenters. The molecule has 1 unspecified atom stereocenters. The maximum atomic E-state index is 11.8. The Bertz CT molecular complexity index is 407. The number of carboxylic acids is 1. The second kappa shape index (κ2) is 7.98. The highest BCUT2D eigenvalue weighted by molar-refractivity contribution is 7.90. The third-order valence-corrected chi connectivity index (χ3v) is 3.69. The molecule has 8 heteroatoms. The van der Waals surface area contributed by atoms with Gasteiger partial charge in [0.2, 0.25) is 0 Å². The van der Waals surface area contributed by atoms with E-state index in [-0.39, 0.29) is 24.9 Å². The van der Waals surface area contributed by atoms with Gasteiger partial charge in [-0.2, -0.15) is 0 Å². The minimum absolute atomic E-state index is 0.00442. The van der Waals surface area contributed by atoms with Gasteiger partial charge in [0.05, 0.1) is 5.75 Å². The zero-order chi connectivity index (χ0) is 15.1. The van der Waals surface area contributed by atoms with Gasteiger partial charge in [-0.15, -0.1) is 0 Å². The molecule has 0 radical (unpaired) electrons. The van der Waals surface area contributed by atoms with E-state index in [2.05, 4.69) is 5.32 Å². The van der Waals surface area contributed by atoms with Gasteiger partial charge in [-0.1, -0.05) is 6.92 Å². The summed E-state index contributed by atoms with van der Waals surface area (Å²) < 4.78 is 21.8. The number of sulfone groups is 1. The quantitative estimate of drug-likeness (QED) is 0.627. The molecule has 0 aliphatic rings. The van der Waals surface area contributed by atoms with Crippen LogP contribution in [0, 0.1) is 0 Å². The first-order valence-corrected chi connectivity index (χ1v) is 8.17. The molecule has 0 saturated heterocycles. The van der Waals surface area contributed by atoms with Gasteiger partial charge in [-0.25, -0.2) is 13.2 Å². The lowest BCUT2D eigenvalue weighted by atomic mass is 10.2. The number of urea groups is 1. The molecular formula is C11H22N2O5S. The molecular weight excluding hydrogens is 272 g/mol. The third-order valence-electron chi connectivity index (χ3n) is 2.66. The van der Waals surface area contributed by atoms with Crippen LogP contribution in [0.4, 0.5) is 4.79 Å². The minimum Gasteiger partial charge on any atom is -0.480 e. The van der Waals surface area contributed by atoms with E-state index in [0.29, 0.717) is 12.8 Å². The maximum absolute atomic E-state index is 11.8. The highest BCUT2D eigenvalue weighted by Gasteiger charge is 2.21. The topological polar surface area (TPSA) is 104 Å². The fourth-order valence-electron chi connectivity index (χ4n) is 1.43. The fourth-order valence-corrected chi connectivity index (χ4v) is 2.09. The molecule has 0 bridgehead atoms. The first-order valence-electron chi connectivity index (χ1n) is 6.11. The maximum Gasteiger partial charge on any atom is 0.323 e. The summed E-state index contributed by atoms with van der Waals surface area (Å²) in [5, 5.41) is 11.3. The Morgan fingerprint density at radius 1 is 1.37 bits per heavy atom. The standard InChI is InChI=1S/C11H22N2O5S/c1-4-9(2)13(8-10(14)15)11(16)12-6-5-7-19(3,17)18/h9H,4-8H2,1-3H3,(H,12,16)(H,14,15). The van der Waals surface area contributed by atoms with Crippen molar-refractivity contribution in [2.24, 2.45) is 0 Å². The average Bonchev–Trinajstić information content (AvgIpc) is 2.29. The molecule has 0 rings (SSSR count). The zero-order valence-electron chi connectivity index (χ0n) is 11.5. The van der Waals surface area contributed by atoms with E-state index in [9.17, 15) is 18.0 Å². The molecule has 0 aliphatic heterocycles. The number of nitrogens with zero attached hydrogens (tertiary/aromatic N) is 1. The van der Waals surface area contributed by atoms with Crippen molar-refractivity contribution in [3.05, 3.63) is 0 Å². The number of rotatable bonds is 8. The molecule has 0 aromatic rings. The van der Waals surface area contributed by atoms with E-state index in [0.717, 1.165) is 6.26 Å². The number of hydrogen-bond acceptors (Lipinski definition) is 4. The first-order chi connectivity index (χ1) is 8.67. The van der Waals surface area contributed by atoms with Crippen molar-refractivity contribution in [2.45, 2.75) is 32.7 Å². The van der Waals surface area contributed by atoms with Gasteiger partial charge in [0.1, 0.15) is 16.4 Å². The molecule has 0 spiro atoms. The van der Waals surface area contributed by atoms with Crippen LogP contribution in [-0.2, 0) is 14.6 Å². The molecule has 0 aromatic carbocycles. The van der Waals surface area contributed by atoms with Crippen LogP contribution in [-0.4, -0.2) is 61.6 Å². The third kappa shape index (κ3) is 8.41. The highest BCUT2D eigenvalue weighted by Crippen LogP contribution is 2.03. The van der Waals surface area contributed by atoms with E-state index < -0.39 is 21.8 Å². The van der Waals surface area contributed by atoms with Crippen LogP contribution in [0.1, 0.15) is 26.7 Å². The van der Waals surface area contributed by atoms with Crippen molar-refractivity contribution in [1.29, 1.82) is 0 Å². The predicted octanol–water partition coefficient (Wildman–Crippen LogP) is 0.316. The molecule has 0 aromatic heterocycles. The molecule has 0 fully saturated rings. The smallest absolute Gasteiger partial charge is 0.323 e. The van der Waals surface area contributed by atoms with Crippen molar-refractivity contribution in [3.63, 3.8) is 0 Å². The van der Waals surface area contributed by atoms with Crippen LogP contribution in [0.5, 0.6) is 0 Å². The summed E-state index contributed by atoms with van der Waals surface area (Å²) in [4.78, 5) is 23.7. The van der Waals surface area contributed by atoms with Crippen molar-refractivity contribution in [3.8, 4) is 0 Å². The van der Waals surface area contributed by atoms with E-state index in [1.54, 1.807) is 6.92 Å². The lowest BCUT2D eigenvalue weighted by Gasteiger charge is -2.27. The molecule has 2 N–H and O–H groups in total. The lowest BCUT2D eigenvalue weighted by Crippen LogP contribution is -2.47. The normalized spacial score (nSPS) is 12.8. The number of carboxylic acid groups (broad SMARTS) is 1. The number of amides is 2. The van der Waals surface area contributed by atoms with Crippen LogP contribution in [0.25, 0.3) is 0 Å². The Hall–Kier alpha value is -1.31. The SMILES string of the molecule is CCC(C)N(CC(=O)O)C(=O)NCCCS(C)(=O)=O. The van der Waals surface area contributed by atoms with Crippen LogP contribution in [0.2, 0.25) is 0 Å². The van der Waals surface area contributed by atoms with E-state index in [1.165, 1.54) is 4.90 Å². The van der Waals surface area contributed by atoms with Gasteiger partial charge in [-0.05, 0) is 19.8 Å². The summed E-state index contributed by atoms with van der Waals surface area (Å²) in [6.07, 6.45) is 2.08. The molecule has 112 valence electrons. The monoisotopic (exact) mass is 294 g/mol. The number of nitrogens with one attached hydrogen (secondary N) is 1. The Kier molecular flexibility index (Phi) is 7.43. The van der Waals surface area contributed by atoms with Gasteiger partial charge in [0, 0.05) is 18.8 Å². The van der Waals surface area contributed by atoms with Crippen LogP contribution >= 0.6 is 0 Å². The summed E-state index contributed by atoms with van der Waals surface area (Å²) in [6.45, 7) is 3.46. The number of hydrogen-bond donors (Lipinski definition) is 2. The second-order valence-corrected chi connectivity index (χ2v) is 6.75. The molecule has 0 heterocycles. The summed E-state index contributed by atoms with van der Waals surface area (Å²) in [6, 6.07) is -0.670. The van der Waals surface area contributed by atoms with E-state index in [4.69, 9.17) is 5.11 Å². The van der Waals surface area contributed by atoms with Crippen molar-refractivity contribution >= 4 is 21.8 Å². The van der Waals surface area contributed by atoms with Gasteiger partial charge < -0.3 is 15.3 Å². The van der Waals surface area contributed by atoms with Crippen molar-refractivity contribution < 1.29 is 23.1 Å². The van der Waals surface area contributed by atoms with Gasteiger partial charge in [0.15, 0.2) is 0 Å². The van der Waals surface area contributed by atoms with Crippen LogP contribution in [0.3, 0.4) is 0 Å². The van der Waals surface area contributed by atoms with Gasteiger partial charge >= 0.3 is 12.0 Å². The van der Waals surface area contributed by atoms with Gasteiger partial charge in [-0.3, -0.25) is 4.79 Å². The minimum atomic E-state index is -3.04. The Balaban J connectivity index is 4.29. The summed E-state index contributed by atoms with van der Waals surface area (Å²) in [5.74, 6) is -1.08. The van der Waals surface area contributed by atoms with Crippen molar-refractivity contribution in [1.82, 2.24) is 10.2 Å². The molecule has 7 nitrogen and oxygen atoms in total. The Morgan fingerprint density at radius 3 is 2.37 bits per heavy atom. The summed E-state index contributed by atoms with van der Waals surface area (Å²) in [5.41, 5.74) is 0. The summed E-state index contributed by atoms with van der Waals surface area (Å²) in [7, 11) is -3.04. The Labute approximate surface area is 113 Å². The predicted molar refractivity (Wildman–Crippen MR) is 71.8 cm³/mol. The fraction of sp³-hybridized carbons (Fsp3) is 0.818. The highest BCUT2D eigenvalue weighted by atomic mass is 32.2.